The Morgan fingerprint density at radius 2 is 1.87 bits per heavy atom. The smallest absolute Gasteiger partial charge is 0.225 e. The van der Waals surface area contributed by atoms with Crippen molar-refractivity contribution in [2.75, 3.05) is 24.5 Å². The molecule has 0 saturated carbocycles. The van der Waals surface area contributed by atoms with Crippen LogP contribution in [0.3, 0.4) is 0 Å². The first-order chi connectivity index (χ1) is 14.7. The van der Waals surface area contributed by atoms with Gasteiger partial charge in [-0.3, -0.25) is 4.79 Å². The fourth-order valence-electron chi connectivity index (χ4n) is 3.79. The number of hydrogen-bond donors (Lipinski definition) is 1. The van der Waals surface area contributed by atoms with E-state index in [-0.39, 0.29) is 17.6 Å². The molecule has 2 heterocycles. The number of aromatic nitrogens is 2. The number of piperidine rings is 1. The van der Waals surface area contributed by atoms with Gasteiger partial charge in [-0.2, -0.15) is 0 Å². The van der Waals surface area contributed by atoms with Crippen LogP contribution in [0.5, 0.6) is 0 Å². The van der Waals surface area contributed by atoms with Crippen LogP contribution in [-0.4, -0.2) is 35.5 Å². The molecule has 2 aromatic carbocycles. The number of rotatable bonds is 6. The van der Waals surface area contributed by atoms with Gasteiger partial charge in [-0.05, 0) is 42.5 Å². The molecule has 30 heavy (non-hydrogen) atoms. The van der Waals surface area contributed by atoms with Gasteiger partial charge in [0.2, 0.25) is 11.9 Å². The van der Waals surface area contributed by atoms with Crippen LogP contribution in [0.25, 0.3) is 11.1 Å². The van der Waals surface area contributed by atoms with E-state index in [1.54, 1.807) is 18.5 Å². The second-order valence-corrected chi connectivity index (χ2v) is 7.59. The van der Waals surface area contributed by atoms with Gasteiger partial charge >= 0.3 is 0 Å². The molecule has 0 unspecified atom stereocenters. The third kappa shape index (κ3) is 5.00. The number of nitrogens with zero attached hydrogens (tertiary/aromatic N) is 3. The molecule has 6 heteroatoms. The molecular formula is C24H25FN4O. The maximum absolute atomic E-state index is 13.4. The van der Waals surface area contributed by atoms with E-state index in [1.165, 1.54) is 17.7 Å². The van der Waals surface area contributed by atoms with Crippen LogP contribution >= 0.6 is 0 Å². The van der Waals surface area contributed by atoms with Crippen molar-refractivity contribution in [2.24, 2.45) is 5.92 Å². The van der Waals surface area contributed by atoms with Crippen LogP contribution < -0.4 is 10.2 Å². The van der Waals surface area contributed by atoms with Crippen molar-refractivity contribution in [3.8, 4) is 11.1 Å². The molecule has 1 atom stereocenters. The maximum Gasteiger partial charge on any atom is 0.225 e. The van der Waals surface area contributed by atoms with Crippen LogP contribution in [-0.2, 0) is 11.2 Å². The summed E-state index contributed by atoms with van der Waals surface area (Å²) in [5.41, 5.74) is 2.73. The molecule has 1 N–H and O–H groups in total. The van der Waals surface area contributed by atoms with Crippen molar-refractivity contribution in [1.82, 2.24) is 15.3 Å². The van der Waals surface area contributed by atoms with E-state index in [4.69, 9.17) is 0 Å². The molecule has 1 saturated heterocycles. The van der Waals surface area contributed by atoms with Gasteiger partial charge in [0.25, 0.3) is 0 Å². The number of amides is 1. The molecular weight excluding hydrogens is 379 g/mol. The molecule has 0 radical (unpaired) electrons. The van der Waals surface area contributed by atoms with Gasteiger partial charge in [0, 0.05) is 37.6 Å². The lowest BCUT2D eigenvalue weighted by Gasteiger charge is -2.32. The van der Waals surface area contributed by atoms with E-state index in [0.29, 0.717) is 19.0 Å². The second kappa shape index (κ2) is 9.48. The Morgan fingerprint density at radius 1 is 1.07 bits per heavy atom. The lowest BCUT2D eigenvalue weighted by atomic mass is 9.97. The van der Waals surface area contributed by atoms with Gasteiger partial charge in [-0.25, -0.2) is 14.4 Å². The standard InChI is InChI=1S/C24H25FN4O/c25-22-10-4-8-19(14-22)21-15-27-24(28-16-21)29-13-5-9-20(17-29)23(30)26-12-11-18-6-2-1-3-7-18/h1-4,6-8,10,14-16,20H,5,9,11-13,17H2,(H,26,30)/t20-/m0/s1. The molecule has 3 aromatic rings. The molecule has 1 aliphatic rings. The minimum Gasteiger partial charge on any atom is -0.355 e. The third-order valence-corrected chi connectivity index (χ3v) is 5.43. The minimum absolute atomic E-state index is 0.0685. The number of benzene rings is 2. The van der Waals surface area contributed by atoms with E-state index in [2.05, 4.69) is 32.3 Å². The van der Waals surface area contributed by atoms with Gasteiger partial charge in [-0.1, -0.05) is 42.5 Å². The van der Waals surface area contributed by atoms with Crippen LogP contribution in [0.15, 0.2) is 67.0 Å². The first-order valence-electron chi connectivity index (χ1n) is 10.3. The number of carbonyl (C=O) groups is 1. The zero-order chi connectivity index (χ0) is 20.8. The lowest BCUT2D eigenvalue weighted by molar-refractivity contribution is -0.125. The Labute approximate surface area is 176 Å². The minimum atomic E-state index is -0.284. The zero-order valence-corrected chi connectivity index (χ0v) is 16.8. The normalized spacial score (nSPS) is 16.3. The van der Waals surface area contributed by atoms with Crippen LogP contribution in [0.2, 0.25) is 0 Å². The molecule has 1 fully saturated rings. The number of carbonyl (C=O) groups excluding carboxylic acids is 1. The molecule has 0 bridgehead atoms. The van der Waals surface area contributed by atoms with Gasteiger partial charge < -0.3 is 10.2 Å². The molecule has 0 spiro atoms. The molecule has 5 nitrogen and oxygen atoms in total. The predicted octanol–water partition coefficient (Wildman–Crippen LogP) is 3.86. The van der Waals surface area contributed by atoms with E-state index < -0.39 is 0 Å². The summed E-state index contributed by atoms with van der Waals surface area (Å²) < 4.78 is 13.4. The monoisotopic (exact) mass is 404 g/mol. The van der Waals surface area contributed by atoms with Crippen molar-refractivity contribution < 1.29 is 9.18 Å². The summed E-state index contributed by atoms with van der Waals surface area (Å²) in [6.45, 7) is 2.07. The average Bonchev–Trinajstić information content (AvgIpc) is 2.80. The fourth-order valence-corrected chi connectivity index (χ4v) is 3.79. The first-order valence-corrected chi connectivity index (χ1v) is 10.3. The Hall–Kier alpha value is -3.28. The highest BCUT2D eigenvalue weighted by Crippen LogP contribution is 2.23. The SMILES string of the molecule is O=C(NCCc1ccccc1)[C@H]1CCCN(c2ncc(-c3cccc(F)c3)cn2)C1. The highest BCUT2D eigenvalue weighted by molar-refractivity contribution is 5.79. The van der Waals surface area contributed by atoms with Gasteiger partial charge in [-0.15, -0.1) is 0 Å². The summed E-state index contributed by atoms with van der Waals surface area (Å²) in [5.74, 6) is 0.346. The summed E-state index contributed by atoms with van der Waals surface area (Å²) in [4.78, 5) is 23.6. The van der Waals surface area contributed by atoms with E-state index >= 15 is 0 Å². The summed E-state index contributed by atoms with van der Waals surface area (Å²) in [6.07, 6.45) is 6.04. The van der Waals surface area contributed by atoms with Crippen molar-refractivity contribution in [2.45, 2.75) is 19.3 Å². The molecule has 0 aliphatic carbocycles. The molecule has 154 valence electrons. The largest absolute Gasteiger partial charge is 0.355 e. The second-order valence-electron chi connectivity index (χ2n) is 7.59. The number of hydrogen-bond acceptors (Lipinski definition) is 4. The Morgan fingerprint density at radius 3 is 2.63 bits per heavy atom. The number of halogens is 1. The summed E-state index contributed by atoms with van der Waals surface area (Å²) in [5, 5.41) is 3.07. The highest BCUT2D eigenvalue weighted by atomic mass is 19.1. The molecule has 1 aromatic heterocycles. The molecule has 1 amide bonds. The Balaban J connectivity index is 1.33. The quantitative estimate of drug-likeness (QED) is 0.678. The topological polar surface area (TPSA) is 58.1 Å². The van der Waals surface area contributed by atoms with E-state index in [0.717, 1.165) is 36.9 Å². The maximum atomic E-state index is 13.4. The molecule has 1 aliphatic heterocycles. The summed E-state index contributed by atoms with van der Waals surface area (Å²) in [6, 6.07) is 16.5. The van der Waals surface area contributed by atoms with Crippen molar-refractivity contribution in [3.05, 3.63) is 78.4 Å². The third-order valence-electron chi connectivity index (χ3n) is 5.43. The van der Waals surface area contributed by atoms with Crippen LogP contribution in [0.1, 0.15) is 18.4 Å². The summed E-state index contributed by atoms with van der Waals surface area (Å²) >= 11 is 0. The van der Waals surface area contributed by atoms with Gasteiger partial charge in [0.1, 0.15) is 5.82 Å². The number of nitrogens with one attached hydrogen (secondary N) is 1. The molecule has 4 rings (SSSR count). The van der Waals surface area contributed by atoms with Gasteiger partial charge in [0.05, 0.1) is 5.92 Å². The number of anilines is 1. The lowest BCUT2D eigenvalue weighted by Crippen LogP contribution is -2.44. The Bertz CT molecular complexity index is 978. The van der Waals surface area contributed by atoms with Crippen molar-refractivity contribution >= 4 is 11.9 Å². The Kier molecular flexibility index (Phi) is 6.32. The van der Waals surface area contributed by atoms with E-state index in [9.17, 15) is 9.18 Å². The predicted molar refractivity (Wildman–Crippen MR) is 116 cm³/mol. The van der Waals surface area contributed by atoms with E-state index in [1.807, 2.05) is 24.3 Å². The van der Waals surface area contributed by atoms with Crippen molar-refractivity contribution in [1.29, 1.82) is 0 Å². The van der Waals surface area contributed by atoms with Gasteiger partial charge in [0.15, 0.2) is 0 Å². The van der Waals surface area contributed by atoms with Crippen LogP contribution in [0.4, 0.5) is 10.3 Å². The zero-order valence-electron chi connectivity index (χ0n) is 16.8. The first kappa shape index (κ1) is 20.0. The van der Waals surface area contributed by atoms with Crippen LogP contribution in [0, 0.1) is 11.7 Å². The summed E-state index contributed by atoms with van der Waals surface area (Å²) in [7, 11) is 0. The highest BCUT2D eigenvalue weighted by Gasteiger charge is 2.26. The van der Waals surface area contributed by atoms with Crippen molar-refractivity contribution in [3.63, 3.8) is 0 Å². The fraction of sp³-hybridized carbons (Fsp3) is 0.292. The average molecular weight is 404 g/mol.